The Labute approximate surface area is 139 Å². The number of hydrogen-bond donors (Lipinski definition) is 0. The fourth-order valence-electron chi connectivity index (χ4n) is 2.16. The van der Waals surface area contributed by atoms with E-state index in [1.165, 1.54) is 0 Å². The molecule has 0 spiro atoms. The van der Waals surface area contributed by atoms with Crippen LogP contribution in [-0.4, -0.2) is 30.9 Å². The van der Waals surface area contributed by atoms with E-state index in [1.807, 2.05) is 24.3 Å². The normalized spacial score (nSPS) is 11.1. The van der Waals surface area contributed by atoms with Crippen molar-refractivity contribution in [1.29, 1.82) is 0 Å². The van der Waals surface area contributed by atoms with Gasteiger partial charge in [-0.05, 0) is 18.2 Å². The van der Waals surface area contributed by atoms with E-state index < -0.39 is 9.73 Å². The Bertz CT molecular complexity index is 803. The van der Waals surface area contributed by atoms with Crippen LogP contribution in [0.15, 0.2) is 45.2 Å². The Kier molecular flexibility index (Phi) is 5.13. The molecular weight excluding hydrogens is 366 g/mol. The second kappa shape index (κ2) is 6.71. The summed E-state index contributed by atoms with van der Waals surface area (Å²) < 4.78 is 28.3. The number of methoxy groups -OCH3 is 2. The van der Waals surface area contributed by atoms with Gasteiger partial charge in [0.15, 0.2) is 5.75 Å². The molecule has 2 aromatic carbocycles. The number of nitrogens with zero attached hydrogens (tertiary/aromatic N) is 1. The van der Waals surface area contributed by atoms with Crippen LogP contribution in [0, 0.1) is 0 Å². The smallest absolute Gasteiger partial charge is 0.156 e. The molecule has 0 aliphatic rings. The summed E-state index contributed by atoms with van der Waals surface area (Å²) in [6.45, 7) is 0. The van der Waals surface area contributed by atoms with Gasteiger partial charge in [0.1, 0.15) is 11.4 Å². The highest BCUT2D eigenvalue weighted by Gasteiger charge is 2.19. The molecule has 0 aliphatic heterocycles. The average molecular weight is 384 g/mol. The van der Waals surface area contributed by atoms with E-state index in [-0.39, 0.29) is 0 Å². The number of halogens is 1. The molecule has 0 N–H and O–H groups in total. The highest BCUT2D eigenvalue weighted by molar-refractivity contribution is 9.10. The lowest BCUT2D eigenvalue weighted by Crippen LogP contribution is -1.96. The lowest BCUT2D eigenvalue weighted by atomic mass is 10.0. The lowest BCUT2D eigenvalue weighted by molar-refractivity contribution is 0.398. The molecule has 0 aromatic heterocycles. The van der Waals surface area contributed by atoms with E-state index >= 15 is 0 Å². The molecule has 0 atom stereocenters. The molecule has 0 amide bonds. The van der Waals surface area contributed by atoms with Crippen LogP contribution in [0.3, 0.4) is 0 Å². The van der Waals surface area contributed by atoms with E-state index in [9.17, 15) is 4.21 Å². The summed E-state index contributed by atoms with van der Waals surface area (Å²) in [5, 5.41) is 0. The van der Waals surface area contributed by atoms with Crippen LogP contribution in [0.4, 0.5) is 5.69 Å². The van der Waals surface area contributed by atoms with Crippen molar-refractivity contribution in [1.82, 2.24) is 0 Å². The molecule has 0 radical (unpaired) electrons. The SMILES string of the molecule is COc1ccc(N=S(C)(C)=O)c(OC)c1-c1ccccc1Br. The number of ether oxygens (including phenoxy) is 2. The molecule has 6 heteroatoms. The minimum Gasteiger partial charge on any atom is -0.496 e. The molecule has 0 unspecified atom stereocenters. The standard InChI is InChI=1S/C16H18BrNO3S/c1-20-14-10-9-13(18-22(3,4)19)16(21-2)15(14)11-7-5-6-8-12(11)17/h5-10H,1-4H3. The molecule has 118 valence electrons. The first kappa shape index (κ1) is 16.8. The van der Waals surface area contributed by atoms with Crippen molar-refractivity contribution in [2.24, 2.45) is 4.36 Å². The van der Waals surface area contributed by atoms with E-state index in [1.54, 1.807) is 38.9 Å². The van der Waals surface area contributed by atoms with E-state index in [0.29, 0.717) is 17.2 Å². The Morgan fingerprint density at radius 1 is 1.05 bits per heavy atom. The molecule has 0 aliphatic carbocycles. The van der Waals surface area contributed by atoms with Crippen LogP contribution in [0.1, 0.15) is 0 Å². The van der Waals surface area contributed by atoms with Gasteiger partial charge < -0.3 is 9.47 Å². The molecule has 0 bridgehead atoms. The van der Waals surface area contributed by atoms with Crippen molar-refractivity contribution >= 4 is 31.3 Å². The van der Waals surface area contributed by atoms with Gasteiger partial charge in [0.05, 0.1) is 19.8 Å². The Morgan fingerprint density at radius 3 is 2.27 bits per heavy atom. The molecule has 0 heterocycles. The van der Waals surface area contributed by atoms with Gasteiger partial charge in [-0.2, -0.15) is 4.36 Å². The minimum absolute atomic E-state index is 0.544. The fraction of sp³-hybridized carbons (Fsp3) is 0.250. The van der Waals surface area contributed by atoms with Crippen LogP contribution in [0.5, 0.6) is 11.5 Å². The molecule has 0 fully saturated rings. The fourth-order valence-corrected chi connectivity index (χ4v) is 3.26. The first-order chi connectivity index (χ1) is 10.4. The monoisotopic (exact) mass is 383 g/mol. The van der Waals surface area contributed by atoms with Crippen molar-refractivity contribution in [2.45, 2.75) is 0 Å². The van der Waals surface area contributed by atoms with Crippen LogP contribution in [0.25, 0.3) is 11.1 Å². The maximum Gasteiger partial charge on any atom is 0.156 e. The van der Waals surface area contributed by atoms with Crippen LogP contribution < -0.4 is 9.47 Å². The molecule has 0 saturated carbocycles. The zero-order valence-corrected chi connectivity index (χ0v) is 15.3. The van der Waals surface area contributed by atoms with Crippen molar-refractivity contribution in [2.75, 3.05) is 26.7 Å². The Morgan fingerprint density at radius 2 is 1.73 bits per heavy atom. The largest absolute Gasteiger partial charge is 0.496 e. The van der Waals surface area contributed by atoms with Gasteiger partial charge in [-0.3, -0.25) is 0 Å². The topological polar surface area (TPSA) is 47.9 Å². The van der Waals surface area contributed by atoms with Gasteiger partial charge in [0.2, 0.25) is 0 Å². The first-order valence-electron chi connectivity index (χ1n) is 6.54. The van der Waals surface area contributed by atoms with Gasteiger partial charge in [-0.25, -0.2) is 4.21 Å². The van der Waals surface area contributed by atoms with Gasteiger partial charge in [-0.1, -0.05) is 34.1 Å². The number of hydrogen-bond acceptors (Lipinski definition) is 4. The minimum atomic E-state index is -2.30. The Hall–Kier alpha value is -1.53. The van der Waals surface area contributed by atoms with Crippen molar-refractivity contribution in [3.63, 3.8) is 0 Å². The van der Waals surface area contributed by atoms with Gasteiger partial charge in [0, 0.05) is 32.3 Å². The van der Waals surface area contributed by atoms with E-state index in [4.69, 9.17) is 9.47 Å². The first-order valence-corrected chi connectivity index (χ1v) is 9.67. The third-order valence-corrected chi connectivity index (χ3v) is 4.31. The third-order valence-electron chi connectivity index (χ3n) is 2.98. The summed E-state index contributed by atoms with van der Waals surface area (Å²) in [6, 6.07) is 11.3. The summed E-state index contributed by atoms with van der Waals surface area (Å²) in [4.78, 5) is 0. The summed E-state index contributed by atoms with van der Waals surface area (Å²) in [5.41, 5.74) is 2.25. The van der Waals surface area contributed by atoms with Crippen LogP contribution in [-0.2, 0) is 9.73 Å². The molecular formula is C16H18BrNO3S. The Balaban J connectivity index is 2.84. The van der Waals surface area contributed by atoms with Gasteiger partial charge in [-0.15, -0.1) is 0 Å². The molecule has 0 saturated heterocycles. The average Bonchev–Trinajstić information content (AvgIpc) is 2.46. The third kappa shape index (κ3) is 3.62. The highest BCUT2D eigenvalue weighted by atomic mass is 79.9. The van der Waals surface area contributed by atoms with Crippen molar-refractivity contribution < 1.29 is 13.7 Å². The van der Waals surface area contributed by atoms with Crippen LogP contribution in [0.2, 0.25) is 0 Å². The maximum absolute atomic E-state index is 12.0. The predicted molar refractivity (Wildman–Crippen MR) is 94.8 cm³/mol. The summed E-state index contributed by atoms with van der Waals surface area (Å²) >= 11 is 3.55. The highest BCUT2D eigenvalue weighted by Crippen LogP contribution is 2.46. The maximum atomic E-state index is 12.0. The van der Waals surface area contributed by atoms with E-state index in [2.05, 4.69) is 20.3 Å². The zero-order valence-electron chi connectivity index (χ0n) is 12.9. The zero-order chi connectivity index (χ0) is 16.3. The number of benzene rings is 2. The molecule has 4 nitrogen and oxygen atoms in total. The van der Waals surface area contributed by atoms with Gasteiger partial charge in [0.25, 0.3) is 0 Å². The van der Waals surface area contributed by atoms with E-state index in [0.717, 1.165) is 15.6 Å². The van der Waals surface area contributed by atoms with Crippen LogP contribution >= 0.6 is 15.9 Å². The molecule has 2 aromatic rings. The lowest BCUT2D eigenvalue weighted by Gasteiger charge is -2.16. The van der Waals surface area contributed by atoms with Crippen molar-refractivity contribution in [3.05, 3.63) is 40.9 Å². The molecule has 22 heavy (non-hydrogen) atoms. The summed E-state index contributed by atoms with van der Waals surface area (Å²) in [7, 11) is 0.881. The second-order valence-electron chi connectivity index (χ2n) is 4.95. The number of rotatable bonds is 4. The summed E-state index contributed by atoms with van der Waals surface area (Å²) in [6.07, 6.45) is 3.18. The van der Waals surface area contributed by atoms with Crippen molar-refractivity contribution in [3.8, 4) is 22.6 Å². The summed E-state index contributed by atoms with van der Waals surface area (Å²) in [5.74, 6) is 1.21. The quantitative estimate of drug-likeness (QED) is 0.780. The predicted octanol–water partition coefficient (Wildman–Crippen LogP) is 4.49. The molecule has 2 rings (SSSR count). The van der Waals surface area contributed by atoms with Gasteiger partial charge >= 0.3 is 0 Å². The second-order valence-corrected chi connectivity index (χ2v) is 8.35.